The van der Waals surface area contributed by atoms with E-state index in [1.54, 1.807) is 0 Å². The van der Waals surface area contributed by atoms with E-state index in [9.17, 15) is 0 Å². The molecular weight excluding hydrogens is 721 g/mol. The van der Waals surface area contributed by atoms with Crippen molar-refractivity contribution in [3.8, 4) is 22.3 Å². The Labute approximate surface area is 359 Å². The quantitative estimate of drug-likeness (QED) is 0.157. The van der Waals surface area contributed by atoms with Crippen LogP contribution in [-0.2, 0) is 28.1 Å². The Morgan fingerprint density at radius 2 is 0.717 bits per heavy atom. The Kier molecular flexibility index (Phi) is 8.38. The monoisotopic (exact) mass is 782 g/mol. The van der Waals surface area contributed by atoms with E-state index < -0.39 is 0 Å². The molecule has 0 N–H and O–H groups in total. The lowest BCUT2D eigenvalue weighted by Crippen LogP contribution is -2.17. The molecule has 4 aliphatic rings. The van der Waals surface area contributed by atoms with Gasteiger partial charge < -0.3 is 0 Å². The zero-order valence-electron chi connectivity index (χ0n) is 38.3. The minimum absolute atomic E-state index is 0.000137. The van der Waals surface area contributed by atoms with Crippen molar-refractivity contribution in [1.82, 2.24) is 0 Å². The van der Waals surface area contributed by atoms with Crippen molar-refractivity contribution in [1.29, 1.82) is 0 Å². The van der Waals surface area contributed by atoms with Crippen molar-refractivity contribution in [3.63, 3.8) is 0 Å². The summed E-state index contributed by atoms with van der Waals surface area (Å²) in [4.78, 5) is 0. The van der Waals surface area contributed by atoms with Crippen LogP contribution in [0.1, 0.15) is 140 Å². The van der Waals surface area contributed by atoms with Crippen LogP contribution in [-0.4, -0.2) is 0 Å². The van der Waals surface area contributed by atoms with Crippen LogP contribution in [0.15, 0.2) is 115 Å². The van der Waals surface area contributed by atoms with Gasteiger partial charge in [-0.25, -0.2) is 0 Å². The van der Waals surface area contributed by atoms with Crippen molar-refractivity contribution < 1.29 is 0 Å². The molecule has 0 aromatic heterocycles. The predicted molar refractivity (Wildman–Crippen MR) is 262 cm³/mol. The van der Waals surface area contributed by atoms with E-state index in [0.717, 1.165) is 6.42 Å². The molecule has 0 radical (unpaired) electrons. The van der Waals surface area contributed by atoms with Crippen molar-refractivity contribution >= 4 is 43.8 Å². The lowest BCUT2D eigenvalue weighted by molar-refractivity contribution is 0.568. The molecule has 0 amide bonds. The molecule has 0 heterocycles. The Morgan fingerprint density at radius 1 is 0.367 bits per heavy atom. The molecule has 0 bridgehead atoms. The first-order valence-electron chi connectivity index (χ1n) is 22.6. The molecule has 60 heavy (non-hydrogen) atoms. The van der Waals surface area contributed by atoms with Gasteiger partial charge >= 0.3 is 0 Å². The third-order valence-electron chi connectivity index (χ3n) is 14.4. The van der Waals surface area contributed by atoms with Gasteiger partial charge in [-0.05, 0) is 156 Å². The first-order valence-corrected chi connectivity index (χ1v) is 22.6. The van der Waals surface area contributed by atoms with Gasteiger partial charge in [-0.1, -0.05) is 193 Å². The summed E-state index contributed by atoms with van der Waals surface area (Å²) < 4.78 is 0. The molecule has 0 spiro atoms. The van der Waals surface area contributed by atoms with Crippen molar-refractivity contribution in [3.05, 3.63) is 165 Å². The fourth-order valence-corrected chi connectivity index (χ4v) is 10.8. The van der Waals surface area contributed by atoms with E-state index in [4.69, 9.17) is 0 Å². The van der Waals surface area contributed by atoms with Gasteiger partial charge in [0.25, 0.3) is 0 Å². The number of aryl methyl sites for hydroxylation is 1. The number of hydrogen-bond acceptors (Lipinski definition) is 0. The van der Waals surface area contributed by atoms with Gasteiger partial charge in [-0.15, -0.1) is 0 Å². The van der Waals surface area contributed by atoms with Gasteiger partial charge in [-0.3, -0.25) is 0 Å². The Hall–Kier alpha value is -5.20. The van der Waals surface area contributed by atoms with Crippen LogP contribution < -0.4 is 0 Å². The maximum absolute atomic E-state index is 2.62. The minimum atomic E-state index is 0.000137. The molecule has 6 aromatic rings. The fraction of sp³-hybridized carbons (Fsp3) is 0.333. The summed E-state index contributed by atoms with van der Waals surface area (Å²) in [7, 11) is 0. The second-order valence-corrected chi connectivity index (χ2v) is 22.5. The lowest BCUT2D eigenvalue weighted by Gasteiger charge is -2.30. The number of allylic oxidation sites excluding steroid dienone is 8. The maximum Gasteiger partial charge on any atom is 0.0211 e. The number of rotatable bonds is 3. The molecular formula is C60H62. The van der Waals surface area contributed by atoms with Crippen LogP contribution in [0.4, 0.5) is 0 Å². The Morgan fingerprint density at radius 3 is 1.07 bits per heavy atom. The second kappa shape index (κ2) is 12.9. The molecule has 2 atom stereocenters. The number of benzene rings is 6. The van der Waals surface area contributed by atoms with Crippen LogP contribution in [0.5, 0.6) is 0 Å². The highest BCUT2D eigenvalue weighted by molar-refractivity contribution is 6.23. The molecule has 0 saturated heterocycles. The summed E-state index contributed by atoms with van der Waals surface area (Å²) in [6.45, 7) is 30.6. The molecule has 6 aromatic carbocycles. The van der Waals surface area contributed by atoms with E-state index in [2.05, 4.69) is 205 Å². The first kappa shape index (κ1) is 39.0. The minimum Gasteiger partial charge on any atom is -0.0616 e. The Bertz CT molecular complexity index is 2910. The van der Waals surface area contributed by atoms with Crippen LogP contribution in [0, 0.1) is 11.8 Å². The van der Waals surface area contributed by atoms with Gasteiger partial charge in [0.15, 0.2) is 0 Å². The third kappa shape index (κ3) is 5.91. The lowest BCUT2D eigenvalue weighted by atomic mass is 9.72. The van der Waals surface area contributed by atoms with Gasteiger partial charge in [0.1, 0.15) is 0 Å². The van der Waals surface area contributed by atoms with Crippen LogP contribution in [0.2, 0.25) is 0 Å². The number of fused-ring (bicyclic) bond motifs is 8. The van der Waals surface area contributed by atoms with Crippen LogP contribution >= 0.6 is 0 Å². The summed E-state index contributed by atoms with van der Waals surface area (Å²) in [5.74, 6) is 0.681. The standard InChI is InChI=1S/C60H62/c1-14-34-19-20-41-44-21-22-46-49-32-51-52(33-50(49)47-24-23-45(48(41)25-34)55(44)56(46)47)54(36-28-39(59(8,9)10)31-40(29-36)60(11,12)13)43-18-16-15-17-42(43)53(51)35-26-37(57(2,3)4)30-38(27-35)58(5,6)7/h15-33,55-56H,14H2,1-13H3. The zero-order chi connectivity index (χ0) is 42.4. The highest BCUT2D eigenvalue weighted by atomic mass is 14.5. The van der Waals surface area contributed by atoms with Crippen LogP contribution in [0.25, 0.3) is 66.1 Å². The van der Waals surface area contributed by atoms with Gasteiger partial charge in [0, 0.05) is 11.8 Å². The normalized spacial score (nSPS) is 18.2. The van der Waals surface area contributed by atoms with Crippen molar-refractivity contribution in [2.75, 3.05) is 0 Å². The maximum atomic E-state index is 2.62. The van der Waals surface area contributed by atoms with Gasteiger partial charge in [-0.2, -0.15) is 0 Å². The second-order valence-electron chi connectivity index (χ2n) is 22.5. The van der Waals surface area contributed by atoms with Crippen LogP contribution in [0.3, 0.4) is 0 Å². The summed E-state index contributed by atoms with van der Waals surface area (Å²) in [5, 5.41) is 5.33. The highest BCUT2D eigenvalue weighted by Crippen LogP contribution is 2.64. The largest absolute Gasteiger partial charge is 0.0616 e. The summed E-state index contributed by atoms with van der Waals surface area (Å²) in [5.41, 5.74) is 23.9. The average molecular weight is 783 g/mol. The topological polar surface area (TPSA) is 0 Å². The molecule has 4 aliphatic carbocycles. The van der Waals surface area contributed by atoms with E-state index in [1.807, 2.05) is 0 Å². The molecule has 2 unspecified atom stereocenters. The zero-order valence-corrected chi connectivity index (χ0v) is 38.3. The van der Waals surface area contributed by atoms with Gasteiger partial charge in [0.2, 0.25) is 0 Å². The molecule has 0 fully saturated rings. The van der Waals surface area contributed by atoms with Gasteiger partial charge in [0.05, 0.1) is 0 Å². The molecule has 10 rings (SSSR count). The van der Waals surface area contributed by atoms with E-state index in [1.165, 1.54) is 116 Å². The fourth-order valence-electron chi connectivity index (χ4n) is 10.8. The average Bonchev–Trinajstić information content (AvgIpc) is 3.68. The molecule has 0 heteroatoms. The van der Waals surface area contributed by atoms with Crippen molar-refractivity contribution in [2.45, 2.75) is 118 Å². The molecule has 0 saturated carbocycles. The molecule has 0 nitrogen and oxygen atoms in total. The summed E-state index contributed by atoms with van der Waals surface area (Å²) in [6, 6.07) is 36.7. The van der Waals surface area contributed by atoms with E-state index in [0.29, 0.717) is 11.8 Å². The highest BCUT2D eigenvalue weighted by Gasteiger charge is 2.47. The van der Waals surface area contributed by atoms with Crippen molar-refractivity contribution in [2.24, 2.45) is 11.8 Å². The smallest absolute Gasteiger partial charge is 0.0211 e. The third-order valence-corrected chi connectivity index (χ3v) is 14.4. The van der Waals surface area contributed by atoms with E-state index in [-0.39, 0.29) is 21.7 Å². The molecule has 0 aliphatic heterocycles. The number of hydrogen-bond donors (Lipinski definition) is 0. The SMILES string of the molecule is CCc1ccc2c(c1)C1=CC=C3c4cc5c(-c6cc(C(C)(C)C)cc(C(C)(C)C)c6)c6ccccc6c(-c6cc(C(C)(C)C)cc(C(C)(C)C)c6)c5cc4C4=CC=C2C1C43. The molecule has 302 valence electrons. The summed E-state index contributed by atoms with van der Waals surface area (Å²) >= 11 is 0. The predicted octanol–water partition coefficient (Wildman–Crippen LogP) is 16.6. The Balaban J connectivity index is 1.34. The summed E-state index contributed by atoms with van der Waals surface area (Å²) in [6.07, 6.45) is 11.0. The first-order chi connectivity index (χ1) is 28.2. The van der Waals surface area contributed by atoms with E-state index >= 15 is 0 Å².